The molecule has 288 valence electrons. The van der Waals surface area contributed by atoms with Gasteiger partial charge in [-0.3, -0.25) is 19.5 Å². The van der Waals surface area contributed by atoms with Crippen LogP contribution < -0.4 is 4.90 Å². The van der Waals surface area contributed by atoms with Crippen LogP contribution in [0.1, 0.15) is 56.8 Å². The van der Waals surface area contributed by atoms with E-state index in [2.05, 4.69) is 15.6 Å². The van der Waals surface area contributed by atoms with Crippen molar-refractivity contribution < 1.29 is 19.4 Å². The summed E-state index contributed by atoms with van der Waals surface area (Å²) in [5.74, 6) is 0.498. The van der Waals surface area contributed by atoms with Crippen LogP contribution in [0.3, 0.4) is 0 Å². The van der Waals surface area contributed by atoms with E-state index >= 15 is 9.59 Å². The summed E-state index contributed by atoms with van der Waals surface area (Å²) in [7, 11) is 1.99. The number of allylic oxidation sites excluding steroid dienone is 1. The van der Waals surface area contributed by atoms with E-state index in [-0.39, 0.29) is 36.0 Å². The Kier molecular flexibility index (Phi) is 10.5. The highest BCUT2D eigenvalue weighted by Gasteiger charge is 2.35. The molecule has 9 nitrogen and oxygen atoms in total. The number of anilines is 2. The van der Waals surface area contributed by atoms with Gasteiger partial charge in [-0.15, -0.1) is 12.4 Å². The second kappa shape index (κ2) is 15.8. The van der Waals surface area contributed by atoms with Crippen molar-refractivity contribution in [3.8, 4) is 17.0 Å². The predicted molar refractivity (Wildman–Crippen MR) is 228 cm³/mol. The number of carbonyl (C=O) groups is 2. The van der Waals surface area contributed by atoms with Crippen LogP contribution in [0.4, 0.5) is 11.4 Å². The van der Waals surface area contributed by atoms with Crippen molar-refractivity contribution in [3.05, 3.63) is 161 Å². The van der Waals surface area contributed by atoms with E-state index in [1.807, 2.05) is 89.4 Å². The fraction of sp³-hybridized carbons (Fsp3) is 0.196. The lowest BCUT2D eigenvalue weighted by Crippen LogP contribution is -2.45. The zero-order valence-electron chi connectivity index (χ0n) is 31.3. The average molecular weight is 799 g/mol. The smallest absolute Gasteiger partial charge is 0.264 e. The number of phenols is 1. The zero-order chi connectivity index (χ0) is 38.3. The lowest BCUT2D eigenvalue weighted by molar-refractivity contribution is 0.0627. The minimum atomic E-state index is -0.241. The van der Waals surface area contributed by atoms with E-state index in [1.54, 1.807) is 53.9 Å². The molecule has 6 aromatic rings. The van der Waals surface area contributed by atoms with Crippen molar-refractivity contribution in [3.63, 3.8) is 0 Å². The molecule has 3 aliphatic heterocycles. The maximum Gasteiger partial charge on any atom is 0.264 e. The van der Waals surface area contributed by atoms with Gasteiger partial charge in [0, 0.05) is 83.8 Å². The molecule has 0 bridgehead atoms. The topological polar surface area (TPSA) is 92.3 Å². The second-order valence-corrected chi connectivity index (χ2v) is 15.0. The summed E-state index contributed by atoms with van der Waals surface area (Å²) in [5, 5.41) is 11.9. The summed E-state index contributed by atoms with van der Waals surface area (Å²) in [4.78, 5) is 38.1. The average Bonchev–Trinajstić information content (AvgIpc) is 3.68. The van der Waals surface area contributed by atoms with Crippen LogP contribution in [0.25, 0.3) is 22.2 Å². The maximum absolute atomic E-state index is 15.1. The summed E-state index contributed by atoms with van der Waals surface area (Å²) in [6.45, 7) is 1.12. The number of hydrogen-bond donors (Lipinski definition) is 1. The minimum Gasteiger partial charge on any atom is -0.508 e. The molecule has 57 heavy (non-hydrogen) atoms. The molecule has 3 aliphatic rings. The Morgan fingerprint density at radius 1 is 0.947 bits per heavy atom. The van der Waals surface area contributed by atoms with Gasteiger partial charge in [0.2, 0.25) is 0 Å². The second-order valence-electron chi connectivity index (χ2n) is 14.6. The number of phenolic OH excluding ortho intramolecular Hbond substituents is 1. The first-order valence-electron chi connectivity index (χ1n) is 19.0. The molecule has 0 unspecified atom stereocenters. The van der Waals surface area contributed by atoms with Gasteiger partial charge in [0.15, 0.2) is 0 Å². The Hall–Kier alpha value is -6.03. The van der Waals surface area contributed by atoms with E-state index in [1.165, 1.54) is 0 Å². The van der Waals surface area contributed by atoms with Gasteiger partial charge >= 0.3 is 0 Å². The van der Waals surface area contributed by atoms with Crippen LogP contribution in [-0.4, -0.2) is 43.2 Å². The number of nitrogens with zero attached hydrogens (tertiary/aromatic N) is 5. The van der Waals surface area contributed by atoms with Gasteiger partial charge < -0.3 is 23.9 Å². The highest BCUT2D eigenvalue weighted by atomic mass is 35.5. The molecular formula is C46H41Cl2N5O4. The van der Waals surface area contributed by atoms with E-state index in [4.69, 9.17) is 16.3 Å². The van der Waals surface area contributed by atoms with Gasteiger partial charge in [0.25, 0.3) is 11.8 Å². The monoisotopic (exact) mass is 797 g/mol. The highest BCUT2D eigenvalue weighted by molar-refractivity contribution is 6.31. The number of ether oxygens (including phenoxy) is 1. The Morgan fingerprint density at radius 3 is 2.63 bits per heavy atom. The number of rotatable bonds is 7. The quantitative estimate of drug-likeness (QED) is 0.174. The molecule has 2 aromatic heterocycles. The van der Waals surface area contributed by atoms with Gasteiger partial charge in [0.1, 0.15) is 11.5 Å². The lowest BCUT2D eigenvalue weighted by atomic mass is 9.90. The molecule has 1 atom stereocenters. The van der Waals surface area contributed by atoms with E-state index in [0.717, 1.165) is 64.8 Å². The number of amides is 2. The summed E-state index contributed by atoms with van der Waals surface area (Å²) in [5.41, 5.74) is 8.12. The SMILES string of the molecule is Cl.Cn1ccc2ccc(N(C(=O)c3cc(-c4ccccc4C(=O)N4Cc5cccc(Cl)c5C[C@H]4CC4=CN=CC=CO4)n4c3CCCC4)c3ccc(O)cc3)cc21. The maximum atomic E-state index is 15.1. The largest absolute Gasteiger partial charge is 0.508 e. The predicted octanol–water partition coefficient (Wildman–Crippen LogP) is 10.2. The Morgan fingerprint density at radius 2 is 1.77 bits per heavy atom. The molecule has 0 aliphatic carbocycles. The first kappa shape index (κ1) is 37.9. The van der Waals surface area contributed by atoms with Crippen LogP contribution in [0, 0.1) is 0 Å². The van der Waals surface area contributed by atoms with Gasteiger partial charge in [-0.1, -0.05) is 48.0 Å². The highest BCUT2D eigenvalue weighted by Crippen LogP contribution is 2.39. The van der Waals surface area contributed by atoms with Gasteiger partial charge in [-0.05, 0) is 109 Å². The summed E-state index contributed by atoms with van der Waals surface area (Å²) in [6, 6.07) is 30.1. The number of carbonyl (C=O) groups excluding carboxylic acids is 2. The Balaban J connectivity index is 0.00000455. The molecular weight excluding hydrogens is 757 g/mol. The molecule has 0 fully saturated rings. The van der Waals surface area contributed by atoms with Gasteiger partial charge in [-0.2, -0.15) is 0 Å². The summed E-state index contributed by atoms with van der Waals surface area (Å²) >= 11 is 6.73. The van der Waals surface area contributed by atoms with Crippen molar-refractivity contribution in [1.82, 2.24) is 14.0 Å². The van der Waals surface area contributed by atoms with Crippen LogP contribution in [-0.2, 0) is 37.7 Å². The number of aryl methyl sites for hydroxylation is 1. The van der Waals surface area contributed by atoms with Crippen LogP contribution in [0.2, 0.25) is 5.02 Å². The third-order valence-electron chi connectivity index (χ3n) is 11.2. The molecule has 0 saturated heterocycles. The molecule has 2 amide bonds. The number of benzene rings is 4. The molecule has 4 aromatic carbocycles. The van der Waals surface area contributed by atoms with E-state index in [9.17, 15) is 5.11 Å². The number of aliphatic imine (C=N–C) groups is 1. The zero-order valence-corrected chi connectivity index (χ0v) is 32.9. The van der Waals surface area contributed by atoms with Crippen molar-refractivity contribution in [2.24, 2.45) is 12.0 Å². The normalized spacial score (nSPS) is 15.9. The molecule has 1 N–H and O–H groups in total. The number of aromatic hydroxyl groups is 1. The molecule has 9 rings (SSSR count). The number of aromatic nitrogens is 2. The summed E-state index contributed by atoms with van der Waals surface area (Å²) in [6.07, 6.45) is 12.4. The molecule has 5 heterocycles. The number of hydrogen-bond acceptors (Lipinski definition) is 5. The minimum absolute atomic E-state index is 0. The number of halogens is 2. The standard InChI is InChI=1S/C46H40ClN5O4.ClH/c1-49-22-19-30-13-14-33(26-43(30)49)52(32-15-17-35(53)18-16-32)46(55)40-27-44(50-21-5-4-12-42(40)50)37-9-2-3-10-38(37)45(54)51-29-31-8-6-11-41(47)39(31)25-34(51)24-36-28-48-20-7-23-56-36;/h2-3,6-11,13-20,22-23,26-28,34,53H,4-5,12,21,24-25,29H2,1H3;1H/t34-;/m1./s1. The Labute approximate surface area is 342 Å². The first-order valence-corrected chi connectivity index (χ1v) is 19.3. The van der Waals surface area contributed by atoms with Gasteiger partial charge in [0.05, 0.1) is 23.7 Å². The Bertz CT molecular complexity index is 2600. The van der Waals surface area contributed by atoms with Crippen LogP contribution >= 0.6 is 24.0 Å². The molecule has 11 heteroatoms. The van der Waals surface area contributed by atoms with Gasteiger partial charge in [-0.25, -0.2) is 0 Å². The van der Waals surface area contributed by atoms with Crippen molar-refractivity contribution in [2.75, 3.05) is 4.90 Å². The fourth-order valence-electron chi connectivity index (χ4n) is 8.39. The number of fused-ring (bicyclic) bond motifs is 3. The van der Waals surface area contributed by atoms with E-state index < -0.39 is 0 Å². The first-order chi connectivity index (χ1) is 27.3. The van der Waals surface area contributed by atoms with Crippen LogP contribution in [0.5, 0.6) is 5.75 Å². The van der Waals surface area contributed by atoms with Crippen molar-refractivity contribution in [1.29, 1.82) is 0 Å². The molecule has 0 spiro atoms. The van der Waals surface area contributed by atoms with E-state index in [0.29, 0.717) is 52.7 Å². The third kappa shape index (κ3) is 7.13. The molecule has 0 saturated carbocycles. The third-order valence-corrected chi connectivity index (χ3v) is 11.5. The van der Waals surface area contributed by atoms with Crippen molar-refractivity contribution >= 4 is 64.3 Å². The fourth-order valence-corrected chi connectivity index (χ4v) is 8.66. The van der Waals surface area contributed by atoms with Crippen LogP contribution in [0.15, 0.2) is 133 Å². The lowest BCUT2D eigenvalue weighted by Gasteiger charge is -2.38. The molecule has 0 radical (unpaired) electrons. The summed E-state index contributed by atoms with van der Waals surface area (Å²) < 4.78 is 10.2. The van der Waals surface area contributed by atoms with Crippen molar-refractivity contribution in [2.45, 2.75) is 51.2 Å².